The van der Waals surface area contributed by atoms with E-state index in [9.17, 15) is 9.59 Å². The number of nitrogens with one attached hydrogen (secondary N) is 2. The number of hydrogen-bond donors (Lipinski definition) is 2. The van der Waals surface area contributed by atoms with Crippen molar-refractivity contribution >= 4 is 28.4 Å². The van der Waals surface area contributed by atoms with E-state index in [-0.39, 0.29) is 24.2 Å². The second kappa shape index (κ2) is 7.76. The molecule has 2 N–H and O–H groups in total. The number of carbonyl (C=O) groups excluding carboxylic acids is 2. The SMILES string of the molecule is COc1ccccc1CCN1C[C@@H](C(=O)Nc2ccc3cc[nH]c3c2)CC1=O. The number of rotatable bonds is 6. The van der Waals surface area contributed by atoms with E-state index in [1.54, 1.807) is 12.0 Å². The minimum Gasteiger partial charge on any atom is -0.496 e. The molecule has 6 nitrogen and oxygen atoms in total. The van der Waals surface area contributed by atoms with Gasteiger partial charge < -0.3 is 19.9 Å². The van der Waals surface area contributed by atoms with Gasteiger partial charge in [-0.25, -0.2) is 0 Å². The van der Waals surface area contributed by atoms with Crippen LogP contribution in [0.4, 0.5) is 5.69 Å². The first kappa shape index (κ1) is 18.1. The number of aromatic amines is 1. The van der Waals surface area contributed by atoms with Crippen LogP contribution in [0.5, 0.6) is 5.75 Å². The Morgan fingerprint density at radius 2 is 2.11 bits per heavy atom. The van der Waals surface area contributed by atoms with Crippen LogP contribution >= 0.6 is 0 Å². The molecule has 1 aromatic heterocycles. The lowest BCUT2D eigenvalue weighted by Crippen LogP contribution is -2.30. The second-order valence-electron chi connectivity index (χ2n) is 7.07. The van der Waals surface area contributed by atoms with Crippen LogP contribution in [0.1, 0.15) is 12.0 Å². The molecular weight excluding hydrogens is 354 g/mol. The summed E-state index contributed by atoms with van der Waals surface area (Å²) in [6.45, 7) is 1.03. The third-order valence-corrected chi connectivity index (χ3v) is 5.25. The van der Waals surface area contributed by atoms with Gasteiger partial charge in [-0.2, -0.15) is 0 Å². The van der Waals surface area contributed by atoms with Gasteiger partial charge in [-0.15, -0.1) is 0 Å². The van der Waals surface area contributed by atoms with Crippen LogP contribution in [0.25, 0.3) is 10.9 Å². The molecule has 28 heavy (non-hydrogen) atoms. The van der Waals surface area contributed by atoms with Crippen LogP contribution in [0.15, 0.2) is 54.7 Å². The number of carbonyl (C=O) groups is 2. The third kappa shape index (κ3) is 3.71. The van der Waals surface area contributed by atoms with Crippen molar-refractivity contribution < 1.29 is 14.3 Å². The highest BCUT2D eigenvalue weighted by Gasteiger charge is 2.34. The summed E-state index contributed by atoms with van der Waals surface area (Å²) in [6, 6.07) is 15.5. The van der Waals surface area contributed by atoms with Crippen molar-refractivity contribution in [3.05, 3.63) is 60.3 Å². The average Bonchev–Trinajstić information content (AvgIpc) is 3.32. The highest BCUT2D eigenvalue weighted by molar-refractivity contribution is 5.98. The van der Waals surface area contributed by atoms with E-state index in [4.69, 9.17) is 4.74 Å². The number of fused-ring (bicyclic) bond motifs is 1. The Kier molecular flexibility index (Phi) is 5.02. The largest absolute Gasteiger partial charge is 0.496 e. The van der Waals surface area contributed by atoms with Crippen LogP contribution in [-0.2, 0) is 16.0 Å². The van der Waals surface area contributed by atoms with E-state index in [0.717, 1.165) is 27.9 Å². The number of anilines is 1. The molecule has 2 aromatic carbocycles. The maximum atomic E-state index is 12.6. The molecule has 0 aliphatic carbocycles. The summed E-state index contributed by atoms with van der Waals surface area (Å²) >= 11 is 0. The fraction of sp³-hybridized carbons (Fsp3) is 0.273. The maximum absolute atomic E-state index is 12.6. The molecule has 2 amide bonds. The van der Waals surface area contributed by atoms with Crippen LogP contribution in [0.3, 0.4) is 0 Å². The molecule has 0 bridgehead atoms. The number of benzene rings is 2. The zero-order valence-electron chi connectivity index (χ0n) is 15.8. The van der Waals surface area contributed by atoms with E-state index in [0.29, 0.717) is 19.5 Å². The smallest absolute Gasteiger partial charge is 0.229 e. The molecule has 1 saturated heterocycles. The second-order valence-corrected chi connectivity index (χ2v) is 7.07. The highest BCUT2D eigenvalue weighted by Crippen LogP contribution is 2.24. The molecule has 2 heterocycles. The topological polar surface area (TPSA) is 74.4 Å². The highest BCUT2D eigenvalue weighted by atomic mass is 16.5. The van der Waals surface area contributed by atoms with Crippen molar-refractivity contribution in [2.45, 2.75) is 12.8 Å². The fourth-order valence-electron chi connectivity index (χ4n) is 3.70. The van der Waals surface area contributed by atoms with Crippen molar-refractivity contribution in [1.29, 1.82) is 0 Å². The van der Waals surface area contributed by atoms with Gasteiger partial charge in [0.1, 0.15) is 5.75 Å². The monoisotopic (exact) mass is 377 g/mol. The molecule has 1 fully saturated rings. The summed E-state index contributed by atoms with van der Waals surface area (Å²) in [7, 11) is 1.64. The normalized spacial score (nSPS) is 16.5. The fourth-order valence-corrected chi connectivity index (χ4v) is 3.70. The molecule has 1 aliphatic heterocycles. The van der Waals surface area contributed by atoms with E-state index < -0.39 is 0 Å². The van der Waals surface area contributed by atoms with E-state index >= 15 is 0 Å². The molecule has 3 aromatic rings. The van der Waals surface area contributed by atoms with Gasteiger partial charge in [-0.3, -0.25) is 9.59 Å². The quantitative estimate of drug-likeness (QED) is 0.693. The Balaban J connectivity index is 1.36. The van der Waals surface area contributed by atoms with Gasteiger partial charge >= 0.3 is 0 Å². The molecule has 1 aliphatic rings. The summed E-state index contributed by atoms with van der Waals surface area (Å²) < 4.78 is 5.37. The number of ether oxygens (including phenoxy) is 1. The molecule has 1 atom stereocenters. The first-order valence-corrected chi connectivity index (χ1v) is 9.42. The summed E-state index contributed by atoms with van der Waals surface area (Å²) in [5.74, 6) is 0.404. The molecule has 0 spiro atoms. The van der Waals surface area contributed by atoms with Crippen LogP contribution < -0.4 is 10.1 Å². The van der Waals surface area contributed by atoms with Gasteiger partial charge in [0.05, 0.1) is 13.0 Å². The Morgan fingerprint density at radius 3 is 2.96 bits per heavy atom. The number of H-pyrrole nitrogens is 1. The number of methoxy groups -OCH3 is 1. The van der Waals surface area contributed by atoms with E-state index in [1.807, 2.05) is 54.7 Å². The number of aromatic nitrogens is 1. The van der Waals surface area contributed by atoms with Crippen LogP contribution in [-0.4, -0.2) is 41.9 Å². The van der Waals surface area contributed by atoms with Crippen molar-refractivity contribution in [1.82, 2.24) is 9.88 Å². The van der Waals surface area contributed by atoms with Gasteiger partial charge in [0.15, 0.2) is 0 Å². The molecule has 6 heteroatoms. The predicted octanol–water partition coefficient (Wildman–Crippen LogP) is 3.21. The summed E-state index contributed by atoms with van der Waals surface area (Å²) in [5.41, 5.74) is 2.77. The van der Waals surface area contributed by atoms with Crippen molar-refractivity contribution in [2.75, 3.05) is 25.5 Å². The van der Waals surface area contributed by atoms with Crippen LogP contribution in [0.2, 0.25) is 0 Å². The lowest BCUT2D eigenvalue weighted by atomic mass is 10.1. The zero-order valence-corrected chi connectivity index (χ0v) is 15.8. The van der Waals surface area contributed by atoms with Crippen molar-refractivity contribution in [3.8, 4) is 5.75 Å². The summed E-state index contributed by atoms with van der Waals surface area (Å²) in [4.78, 5) is 29.9. The van der Waals surface area contributed by atoms with Gasteiger partial charge in [-0.05, 0) is 41.6 Å². The van der Waals surface area contributed by atoms with Gasteiger partial charge in [0.2, 0.25) is 11.8 Å². The Hall–Kier alpha value is -3.28. The van der Waals surface area contributed by atoms with E-state index in [1.165, 1.54) is 0 Å². The molecule has 144 valence electrons. The first-order chi connectivity index (χ1) is 13.6. The summed E-state index contributed by atoms with van der Waals surface area (Å²) in [6.07, 6.45) is 2.82. The van der Waals surface area contributed by atoms with Gasteiger partial charge in [0, 0.05) is 36.9 Å². The minimum atomic E-state index is -0.329. The standard InChI is InChI=1S/C22H23N3O3/c1-28-20-5-3-2-4-16(20)9-11-25-14-17(12-21(25)26)22(27)24-18-7-6-15-8-10-23-19(15)13-18/h2-8,10,13,17,23H,9,11-12,14H2,1H3,(H,24,27)/t17-/m0/s1. The maximum Gasteiger partial charge on any atom is 0.229 e. The first-order valence-electron chi connectivity index (χ1n) is 9.42. The average molecular weight is 377 g/mol. The molecule has 0 radical (unpaired) electrons. The third-order valence-electron chi connectivity index (χ3n) is 5.25. The van der Waals surface area contributed by atoms with Crippen molar-refractivity contribution in [3.63, 3.8) is 0 Å². The lowest BCUT2D eigenvalue weighted by molar-refractivity contribution is -0.128. The van der Waals surface area contributed by atoms with Crippen molar-refractivity contribution in [2.24, 2.45) is 5.92 Å². The predicted molar refractivity (Wildman–Crippen MR) is 108 cm³/mol. The minimum absolute atomic E-state index is 0.0230. The molecule has 0 unspecified atom stereocenters. The molecule has 4 rings (SSSR count). The van der Waals surface area contributed by atoms with Crippen LogP contribution in [0, 0.1) is 5.92 Å². The van der Waals surface area contributed by atoms with E-state index in [2.05, 4.69) is 10.3 Å². The Labute approximate surface area is 163 Å². The van der Waals surface area contributed by atoms with Gasteiger partial charge in [0.25, 0.3) is 0 Å². The number of amides is 2. The molecule has 0 saturated carbocycles. The number of hydrogen-bond acceptors (Lipinski definition) is 3. The van der Waals surface area contributed by atoms with Gasteiger partial charge in [-0.1, -0.05) is 24.3 Å². The number of para-hydroxylation sites is 1. The zero-order chi connectivity index (χ0) is 19.5. The lowest BCUT2D eigenvalue weighted by Gasteiger charge is -2.17. The Morgan fingerprint density at radius 1 is 1.25 bits per heavy atom. The summed E-state index contributed by atoms with van der Waals surface area (Å²) in [5, 5.41) is 4.04. The molecular formula is C22H23N3O3. The number of likely N-dealkylation sites (tertiary alicyclic amines) is 1. The number of nitrogens with zero attached hydrogens (tertiary/aromatic N) is 1. The Bertz CT molecular complexity index is 1010.